The maximum absolute atomic E-state index is 11.9. The van der Waals surface area contributed by atoms with Gasteiger partial charge >= 0.3 is 17.1 Å². The van der Waals surface area contributed by atoms with Gasteiger partial charge in [-0.25, -0.2) is 8.78 Å². The van der Waals surface area contributed by atoms with Crippen LogP contribution >= 0.6 is 0 Å². The first-order valence-electron chi connectivity index (χ1n) is 2.33. The second-order valence-electron chi connectivity index (χ2n) is 1.59. The van der Waals surface area contributed by atoms with Crippen LogP contribution < -0.4 is 0 Å². The first kappa shape index (κ1) is 10.5. The predicted octanol–water partition coefficient (Wildman–Crippen LogP) is 2.04. The maximum Gasteiger partial charge on any atom is 2.00 e. The molecule has 0 amide bonds. The minimum atomic E-state index is -1.51. The number of hydrogen-bond acceptors (Lipinski definition) is 0. The normalized spacial score (nSPS) is 9.09. The molecule has 0 heterocycles. The molecule has 0 aliphatic rings. The molecule has 1 aromatic carbocycles. The minimum absolute atomic E-state index is 0. The fraction of sp³-hybridized carbons (Fsp3) is 0. The molecule has 0 unspecified atom stereocenters. The van der Waals surface area contributed by atoms with Crippen molar-refractivity contribution < 1.29 is 34.6 Å². The Morgan fingerprint density at radius 1 is 0.909 bits per heavy atom. The summed E-state index contributed by atoms with van der Waals surface area (Å²) in [6, 6.07) is 1.35. The van der Waals surface area contributed by atoms with Crippen LogP contribution in [0.25, 0.3) is 0 Å². The van der Waals surface area contributed by atoms with E-state index in [0.29, 0.717) is 0 Å². The zero-order chi connectivity index (χ0) is 7.72. The second kappa shape index (κ2) is 3.74. The summed E-state index contributed by atoms with van der Waals surface area (Å²) in [6.45, 7) is 0. The van der Waals surface area contributed by atoms with E-state index in [9.17, 15) is 17.6 Å². The Morgan fingerprint density at radius 3 is 1.55 bits per heavy atom. The van der Waals surface area contributed by atoms with Crippen LogP contribution in [-0.2, 0) is 17.1 Å². The molecule has 0 fully saturated rings. The first-order chi connectivity index (χ1) is 4.61. The number of halogens is 4. The van der Waals surface area contributed by atoms with Crippen molar-refractivity contribution in [3.8, 4) is 0 Å². The van der Waals surface area contributed by atoms with Gasteiger partial charge in [-0.3, -0.25) is 8.78 Å². The molecule has 5 heteroatoms. The Bertz CT molecular complexity index is 211. The maximum atomic E-state index is 11.9. The molecule has 0 atom stereocenters. The average molecular weight is 205 g/mol. The van der Waals surface area contributed by atoms with Crippen molar-refractivity contribution in [2.75, 3.05) is 0 Å². The number of rotatable bonds is 0. The third kappa shape index (κ3) is 2.20. The summed E-state index contributed by atoms with van der Waals surface area (Å²) in [5.41, 5.74) is 0. The second-order valence-corrected chi connectivity index (χ2v) is 1.59. The summed E-state index contributed by atoms with van der Waals surface area (Å²) in [5.74, 6) is -5.92. The Kier molecular flexibility index (Phi) is 3.55. The molecule has 1 rings (SSSR count). The quantitative estimate of drug-likeness (QED) is 0.263. The van der Waals surface area contributed by atoms with E-state index in [1.54, 1.807) is 0 Å². The van der Waals surface area contributed by atoms with Gasteiger partial charge in [0.2, 0.25) is 0 Å². The first-order valence-corrected chi connectivity index (χ1v) is 2.33. The van der Waals surface area contributed by atoms with Crippen molar-refractivity contribution >= 4 is 0 Å². The van der Waals surface area contributed by atoms with Crippen LogP contribution in [0.5, 0.6) is 0 Å². The molecule has 1 aromatic rings. The van der Waals surface area contributed by atoms with Gasteiger partial charge in [-0.1, -0.05) is 6.07 Å². The molecule has 60 valence electrons. The number of benzene rings is 1. The Hall–Kier alpha value is -0.541. The Balaban J connectivity index is 0.000001000. The van der Waals surface area contributed by atoms with E-state index in [1.165, 1.54) is 6.07 Å². The smallest absolute Gasteiger partial charge is 0.281 e. The fourth-order valence-electron chi connectivity index (χ4n) is 0.454. The van der Waals surface area contributed by atoms with E-state index in [4.69, 9.17) is 0 Å². The van der Waals surface area contributed by atoms with Gasteiger partial charge in [0.1, 0.15) is 0 Å². The summed E-state index contributed by atoms with van der Waals surface area (Å²) >= 11 is 0. The summed E-state index contributed by atoms with van der Waals surface area (Å²) in [4.78, 5) is 0. The zero-order valence-corrected chi connectivity index (χ0v) is 6.05. The molecular formula is C6HF4Fe+. The van der Waals surface area contributed by atoms with E-state index in [-0.39, 0.29) is 23.1 Å². The van der Waals surface area contributed by atoms with Crippen molar-refractivity contribution in [1.82, 2.24) is 0 Å². The van der Waals surface area contributed by atoms with E-state index in [1.807, 2.05) is 0 Å². The molecule has 0 aliphatic carbocycles. The monoisotopic (exact) mass is 205 g/mol. The van der Waals surface area contributed by atoms with Gasteiger partial charge in [0.05, 0.1) is 0 Å². The van der Waals surface area contributed by atoms with Gasteiger partial charge in [-0.2, -0.15) is 0 Å². The Labute approximate surface area is 70.7 Å². The van der Waals surface area contributed by atoms with Gasteiger partial charge in [0.15, 0.2) is 0 Å². The van der Waals surface area contributed by atoms with Gasteiger partial charge < -0.3 is 0 Å². The minimum Gasteiger partial charge on any atom is -0.281 e. The van der Waals surface area contributed by atoms with Crippen LogP contribution in [0, 0.1) is 29.3 Å². The fourth-order valence-corrected chi connectivity index (χ4v) is 0.454. The SMILES string of the molecule is Fc1[c-]c(F)c(F)cc1F.[Fe+2]. The van der Waals surface area contributed by atoms with Gasteiger partial charge in [0.25, 0.3) is 0 Å². The van der Waals surface area contributed by atoms with E-state index >= 15 is 0 Å². The molecule has 0 radical (unpaired) electrons. The van der Waals surface area contributed by atoms with Crippen molar-refractivity contribution in [3.05, 3.63) is 35.4 Å². The summed E-state index contributed by atoms with van der Waals surface area (Å²) in [7, 11) is 0. The zero-order valence-electron chi connectivity index (χ0n) is 4.94. The summed E-state index contributed by atoms with van der Waals surface area (Å²) in [6.07, 6.45) is 0. The third-order valence-electron chi connectivity index (χ3n) is 0.892. The average Bonchev–Trinajstić information content (AvgIpc) is 1.84. The molecule has 0 N–H and O–H groups in total. The summed E-state index contributed by atoms with van der Waals surface area (Å²) < 4.78 is 47.7. The predicted molar refractivity (Wildman–Crippen MR) is 25.1 cm³/mol. The third-order valence-corrected chi connectivity index (χ3v) is 0.892. The molecule has 0 aliphatic heterocycles. The summed E-state index contributed by atoms with van der Waals surface area (Å²) in [5, 5.41) is 0. The van der Waals surface area contributed by atoms with Crippen LogP contribution in [0.2, 0.25) is 0 Å². The molecule has 0 spiro atoms. The van der Waals surface area contributed by atoms with Gasteiger partial charge in [-0.05, 0) is 0 Å². The van der Waals surface area contributed by atoms with E-state index < -0.39 is 23.3 Å². The van der Waals surface area contributed by atoms with E-state index in [2.05, 4.69) is 0 Å². The molecule has 0 aromatic heterocycles. The molecule has 0 bridgehead atoms. The van der Waals surface area contributed by atoms with Crippen molar-refractivity contribution in [2.45, 2.75) is 0 Å². The topological polar surface area (TPSA) is 0 Å². The van der Waals surface area contributed by atoms with Crippen LogP contribution in [0.4, 0.5) is 17.6 Å². The molecule has 0 saturated carbocycles. The largest absolute Gasteiger partial charge is 2.00 e. The molecular weight excluding hydrogens is 204 g/mol. The van der Waals surface area contributed by atoms with Crippen molar-refractivity contribution in [1.29, 1.82) is 0 Å². The van der Waals surface area contributed by atoms with Crippen molar-refractivity contribution in [2.24, 2.45) is 0 Å². The molecule has 11 heavy (non-hydrogen) atoms. The van der Waals surface area contributed by atoms with Crippen LogP contribution in [0.3, 0.4) is 0 Å². The van der Waals surface area contributed by atoms with Gasteiger partial charge in [0, 0.05) is 23.3 Å². The van der Waals surface area contributed by atoms with Crippen LogP contribution in [-0.4, -0.2) is 0 Å². The van der Waals surface area contributed by atoms with Gasteiger partial charge in [-0.15, -0.1) is 6.07 Å². The van der Waals surface area contributed by atoms with Crippen LogP contribution in [0.1, 0.15) is 0 Å². The molecule has 0 saturated heterocycles. The number of hydrogen-bond donors (Lipinski definition) is 0. The molecule has 0 nitrogen and oxygen atoms in total. The standard InChI is InChI=1S/C6HF4.Fe/c7-3-1-4(8)6(10)2-5(3)9;/h1H;/q-1;+2. The van der Waals surface area contributed by atoms with E-state index in [0.717, 1.165) is 0 Å². The van der Waals surface area contributed by atoms with Crippen LogP contribution in [0.15, 0.2) is 6.07 Å². The Morgan fingerprint density at radius 2 is 1.27 bits per heavy atom. The van der Waals surface area contributed by atoms with Crippen molar-refractivity contribution in [3.63, 3.8) is 0 Å².